The minimum Gasteiger partial charge on any atom is -0.332 e. The summed E-state index contributed by atoms with van der Waals surface area (Å²) in [5.74, 6) is 1.48. The van der Waals surface area contributed by atoms with Gasteiger partial charge in [0.25, 0.3) is 0 Å². The van der Waals surface area contributed by atoms with Crippen LogP contribution in [0, 0.1) is 5.92 Å². The lowest BCUT2D eigenvalue weighted by atomic mass is 10.2. The molecule has 2 aromatic rings. The fraction of sp³-hybridized carbons (Fsp3) is 0.444. The first-order valence-electron chi connectivity index (χ1n) is 8.36. The van der Waals surface area contributed by atoms with Gasteiger partial charge in [-0.15, -0.1) is 0 Å². The van der Waals surface area contributed by atoms with Crippen LogP contribution in [0.25, 0.3) is 0 Å². The van der Waals surface area contributed by atoms with E-state index in [0.717, 1.165) is 37.1 Å². The second kappa shape index (κ2) is 6.41. The van der Waals surface area contributed by atoms with E-state index in [0.29, 0.717) is 35.1 Å². The first kappa shape index (κ1) is 16.0. The van der Waals surface area contributed by atoms with Gasteiger partial charge in [-0.2, -0.15) is 0 Å². The van der Waals surface area contributed by atoms with Crippen molar-refractivity contribution in [2.75, 3.05) is 0 Å². The van der Waals surface area contributed by atoms with Crippen molar-refractivity contribution >= 4 is 29.1 Å². The van der Waals surface area contributed by atoms with E-state index in [1.54, 1.807) is 6.20 Å². The summed E-state index contributed by atoms with van der Waals surface area (Å²) in [5.41, 5.74) is 1.06. The summed E-state index contributed by atoms with van der Waals surface area (Å²) < 4.78 is 2.08. The Morgan fingerprint density at radius 3 is 2.67 bits per heavy atom. The number of imidazole rings is 1. The van der Waals surface area contributed by atoms with Crippen molar-refractivity contribution in [3.8, 4) is 0 Å². The van der Waals surface area contributed by atoms with Crippen LogP contribution < -0.4 is 0 Å². The normalized spacial score (nSPS) is 17.1. The number of halogens is 2. The summed E-state index contributed by atoms with van der Waals surface area (Å²) >= 11 is 12.1. The van der Waals surface area contributed by atoms with Gasteiger partial charge < -0.3 is 9.47 Å². The van der Waals surface area contributed by atoms with Gasteiger partial charge in [-0.05, 0) is 43.4 Å². The van der Waals surface area contributed by atoms with E-state index in [1.165, 1.54) is 0 Å². The zero-order chi connectivity index (χ0) is 16.7. The SMILES string of the molecule is O=C(C1CC1)N(Cc1nccn1Cc1ccc(Cl)c(Cl)c1)C1CC1. The lowest BCUT2D eigenvalue weighted by Gasteiger charge is -2.22. The predicted octanol–water partition coefficient (Wildman–Crippen LogP) is 4.14. The van der Waals surface area contributed by atoms with Crippen LogP contribution in [-0.4, -0.2) is 26.4 Å². The second-order valence-corrected chi connectivity index (χ2v) is 7.51. The van der Waals surface area contributed by atoms with Gasteiger partial charge in [0.2, 0.25) is 5.91 Å². The molecule has 126 valence electrons. The Kier molecular flexibility index (Phi) is 4.27. The third-order valence-corrected chi connectivity index (χ3v) is 5.39. The molecule has 0 atom stereocenters. The molecule has 6 heteroatoms. The summed E-state index contributed by atoms with van der Waals surface area (Å²) in [7, 11) is 0. The molecule has 2 aliphatic carbocycles. The topological polar surface area (TPSA) is 38.1 Å². The molecule has 0 unspecified atom stereocenters. The average molecular weight is 364 g/mol. The highest BCUT2D eigenvalue weighted by atomic mass is 35.5. The lowest BCUT2D eigenvalue weighted by molar-refractivity contribution is -0.133. The van der Waals surface area contributed by atoms with Crippen molar-refractivity contribution in [1.29, 1.82) is 0 Å². The van der Waals surface area contributed by atoms with E-state index < -0.39 is 0 Å². The van der Waals surface area contributed by atoms with Crippen molar-refractivity contribution in [3.63, 3.8) is 0 Å². The molecule has 4 nitrogen and oxygen atoms in total. The molecule has 0 radical (unpaired) electrons. The summed E-state index contributed by atoms with van der Waals surface area (Å²) in [5, 5.41) is 1.11. The maximum Gasteiger partial charge on any atom is 0.226 e. The van der Waals surface area contributed by atoms with E-state index in [-0.39, 0.29) is 5.92 Å². The van der Waals surface area contributed by atoms with Crippen LogP contribution in [0.3, 0.4) is 0 Å². The van der Waals surface area contributed by atoms with Gasteiger partial charge >= 0.3 is 0 Å². The second-order valence-electron chi connectivity index (χ2n) is 6.69. The van der Waals surface area contributed by atoms with Gasteiger partial charge in [0.1, 0.15) is 5.82 Å². The number of carbonyl (C=O) groups is 1. The average Bonchev–Trinajstić information content (AvgIpc) is 3.47. The molecule has 2 saturated carbocycles. The molecule has 1 amide bonds. The molecular weight excluding hydrogens is 345 g/mol. The van der Waals surface area contributed by atoms with Crippen LogP contribution in [0.2, 0.25) is 10.0 Å². The van der Waals surface area contributed by atoms with Crippen molar-refractivity contribution in [3.05, 3.63) is 52.0 Å². The third kappa shape index (κ3) is 3.45. The van der Waals surface area contributed by atoms with E-state index in [4.69, 9.17) is 23.2 Å². The quantitative estimate of drug-likeness (QED) is 0.773. The summed E-state index contributed by atoms with van der Waals surface area (Å²) in [6.07, 6.45) is 8.06. The Hall–Kier alpha value is -1.52. The fourth-order valence-electron chi connectivity index (χ4n) is 2.96. The number of aromatic nitrogens is 2. The molecule has 2 fully saturated rings. The van der Waals surface area contributed by atoms with Crippen molar-refractivity contribution in [2.45, 2.75) is 44.8 Å². The maximum absolute atomic E-state index is 12.5. The molecule has 4 rings (SSSR count). The smallest absolute Gasteiger partial charge is 0.226 e. The lowest BCUT2D eigenvalue weighted by Crippen LogP contribution is -2.34. The molecular formula is C18H19Cl2N3O. The maximum atomic E-state index is 12.5. The Morgan fingerprint density at radius 1 is 1.21 bits per heavy atom. The number of benzene rings is 1. The number of nitrogens with zero attached hydrogens (tertiary/aromatic N) is 3. The molecule has 0 bridgehead atoms. The molecule has 1 aromatic carbocycles. The number of hydrogen-bond donors (Lipinski definition) is 0. The van der Waals surface area contributed by atoms with Crippen LogP contribution in [0.5, 0.6) is 0 Å². The summed E-state index contributed by atoms with van der Waals surface area (Å²) in [6.45, 7) is 1.26. The molecule has 1 heterocycles. The molecule has 0 N–H and O–H groups in total. The minimum atomic E-state index is 0.254. The summed E-state index contributed by atoms with van der Waals surface area (Å²) in [4.78, 5) is 19.0. The van der Waals surface area contributed by atoms with Crippen LogP contribution >= 0.6 is 23.2 Å². The Bertz CT molecular complexity index is 765. The largest absolute Gasteiger partial charge is 0.332 e. The highest BCUT2D eigenvalue weighted by Crippen LogP contribution is 2.36. The zero-order valence-corrected chi connectivity index (χ0v) is 14.8. The van der Waals surface area contributed by atoms with Crippen LogP contribution in [-0.2, 0) is 17.9 Å². The molecule has 24 heavy (non-hydrogen) atoms. The van der Waals surface area contributed by atoms with Crippen molar-refractivity contribution < 1.29 is 4.79 Å². The Labute approximate surface area is 151 Å². The standard InChI is InChI=1S/C18H19Cl2N3O/c19-15-6-1-12(9-16(15)20)10-22-8-7-21-17(22)11-23(14-4-5-14)18(24)13-2-3-13/h1,6-9,13-14H,2-5,10-11H2. The van der Waals surface area contributed by atoms with Gasteiger partial charge in [-0.3, -0.25) is 4.79 Å². The monoisotopic (exact) mass is 363 g/mol. The van der Waals surface area contributed by atoms with E-state index in [9.17, 15) is 4.79 Å². The molecule has 0 spiro atoms. The van der Waals surface area contributed by atoms with Gasteiger partial charge in [0, 0.05) is 30.9 Å². The van der Waals surface area contributed by atoms with Crippen LogP contribution in [0.4, 0.5) is 0 Å². The predicted molar refractivity (Wildman–Crippen MR) is 94.1 cm³/mol. The number of carbonyl (C=O) groups excluding carboxylic acids is 1. The molecule has 0 aliphatic heterocycles. The Morgan fingerprint density at radius 2 is 2.00 bits per heavy atom. The third-order valence-electron chi connectivity index (χ3n) is 4.65. The minimum absolute atomic E-state index is 0.254. The number of amides is 1. The first-order chi connectivity index (χ1) is 11.6. The Balaban J connectivity index is 1.51. The van der Waals surface area contributed by atoms with Crippen LogP contribution in [0.1, 0.15) is 37.1 Å². The van der Waals surface area contributed by atoms with Gasteiger partial charge in [-0.25, -0.2) is 4.98 Å². The highest BCUT2D eigenvalue weighted by molar-refractivity contribution is 6.42. The van der Waals surface area contributed by atoms with Gasteiger partial charge in [0.15, 0.2) is 0 Å². The zero-order valence-electron chi connectivity index (χ0n) is 13.3. The number of hydrogen-bond acceptors (Lipinski definition) is 2. The number of rotatable bonds is 6. The summed E-state index contributed by atoms with van der Waals surface area (Å²) in [6, 6.07) is 6.06. The molecule has 2 aliphatic rings. The highest BCUT2D eigenvalue weighted by Gasteiger charge is 2.40. The van der Waals surface area contributed by atoms with E-state index in [2.05, 4.69) is 9.55 Å². The van der Waals surface area contributed by atoms with E-state index in [1.807, 2.05) is 29.3 Å². The molecule has 0 saturated heterocycles. The van der Waals surface area contributed by atoms with Gasteiger partial charge in [0.05, 0.1) is 16.6 Å². The van der Waals surface area contributed by atoms with Crippen LogP contribution in [0.15, 0.2) is 30.6 Å². The first-order valence-corrected chi connectivity index (χ1v) is 9.12. The molecule has 1 aromatic heterocycles. The van der Waals surface area contributed by atoms with Crippen molar-refractivity contribution in [2.24, 2.45) is 5.92 Å². The fourth-order valence-corrected chi connectivity index (χ4v) is 3.28. The van der Waals surface area contributed by atoms with Gasteiger partial charge in [-0.1, -0.05) is 29.3 Å². The van der Waals surface area contributed by atoms with Crippen molar-refractivity contribution in [1.82, 2.24) is 14.5 Å². The van der Waals surface area contributed by atoms with E-state index >= 15 is 0 Å².